The average Bonchev–Trinajstić information content (AvgIpc) is 3.41. The van der Waals surface area contributed by atoms with Crippen LogP contribution in [0.5, 0.6) is 0 Å². The van der Waals surface area contributed by atoms with Gasteiger partial charge in [0.15, 0.2) is 0 Å². The van der Waals surface area contributed by atoms with Crippen molar-refractivity contribution in [2.24, 2.45) is 0 Å². The van der Waals surface area contributed by atoms with Crippen LogP contribution < -0.4 is 4.90 Å². The number of nitrogens with zero attached hydrogens (tertiary/aromatic N) is 3. The largest absolute Gasteiger partial charge is 0.439 e. The summed E-state index contributed by atoms with van der Waals surface area (Å²) in [5.41, 5.74) is 7.51. The minimum absolute atomic E-state index is 0.343. The smallest absolute Gasteiger partial charge is 0.341 e. The number of cyclic esters (lactones) is 1. The van der Waals surface area contributed by atoms with Gasteiger partial charge in [-0.3, -0.25) is 4.98 Å². The molecule has 5 heteroatoms. The number of carbonyl (C=O) groups excluding carboxylic acids is 1. The summed E-state index contributed by atoms with van der Waals surface area (Å²) in [5, 5.41) is 1.06. The molecule has 0 fully saturated rings. The minimum Gasteiger partial charge on any atom is -0.439 e. The van der Waals surface area contributed by atoms with Crippen molar-refractivity contribution in [3.63, 3.8) is 0 Å². The van der Waals surface area contributed by atoms with Gasteiger partial charge >= 0.3 is 5.97 Å². The number of esters is 1. The van der Waals surface area contributed by atoms with Gasteiger partial charge in [0.2, 0.25) is 5.60 Å². The molecule has 1 unspecified atom stereocenters. The zero-order valence-electron chi connectivity index (χ0n) is 22.9. The topological polar surface area (TPSA) is 47.4 Å². The minimum atomic E-state index is -1.16. The van der Waals surface area contributed by atoms with E-state index in [9.17, 15) is 4.79 Å². The Hall–Kier alpha value is -4.38. The fraction of sp³-hybridized carbons (Fsp3) is 0.235. The number of anilines is 1. The molecule has 0 N–H and O–H groups in total. The molecule has 5 aromatic rings. The lowest BCUT2D eigenvalue weighted by atomic mass is 9.79. The molecule has 0 saturated heterocycles. The summed E-state index contributed by atoms with van der Waals surface area (Å²) in [4.78, 5) is 20.6. The maximum absolute atomic E-state index is 13.5. The molecule has 0 bridgehead atoms. The quantitative estimate of drug-likeness (QED) is 0.219. The van der Waals surface area contributed by atoms with Crippen molar-refractivity contribution in [2.45, 2.75) is 39.8 Å². The standard InChI is InChI=1S/C34H33N3O2/c1-5-36(6-2)26-18-19-29(23(3)21-26)34(32-28(33(38)39-34)16-12-20-35-32)31-24(4)37(22-25-13-8-7-9-14-25)30-17-11-10-15-27(30)31/h7-21H,5-6,22H2,1-4H3. The predicted octanol–water partition coefficient (Wildman–Crippen LogP) is 7.01. The van der Waals surface area contributed by atoms with Crippen molar-refractivity contribution < 1.29 is 9.53 Å². The van der Waals surface area contributed by atoms with Crippen LogP contribution in [0, 0.1) is 13.8 Å². The molecule has 2 aromatic heterocycles. The molecule has 39 heavy (non-hydrogen) atoms. The van der Waals surface area contributed by atoms with Gasteiger partial charge in [-0.15, -0.1) is 0 Å². The van der Waals surface area contributed by atoms with Crippen LogP contribution >= 0.6 is 0 Å². The van der Waals surface area contributed by atoms with Gasteiger partial charge in [-0.1, -0.05) is 54.6 Å². The van der Waals surface area contributed by atoms with E-state index < -0.39 is 5.60 Å². The number of hydrogen-bond acceptors (Lipinski definition) is 4. The van der Waals surface area contributed by atoms with Crippen LogP contribution in [0.1, 0.15) is 57.8 Å². The molecule has 0 saturated carbocycles. The third-order valence-electron chi connectivity index (χ3n) is 8.09. The van der Waals surface area contributed by atoms with Gasteiger partial charge in [-0.25, -0.2) is 4.79 Å². The number of ether oxygens (including phenoxy) is 1. The number of fused-ring (bicyclic) bond motifs is 2. The van der Waals surface area contributed by atoms with Crippen molar-refractivity contribution >= 4 is 22.6 Å². The Bertz CT molecular complexity index is 1680. The van der Waals surface area contributed by atoms with Crippen LogP contribution in [-0.2, 0) is 16.9 Å². The molecular weight excluding hydrogens is 482 g/mol. The SMILES string of the molecule is CCN(CC)c1ccc(C2(c3c(C)n(Cc4ccccc4)c4ccccc34)OC(=O)c3cccnc32)c(C)c1. The van der Waals surface area contributed by atoms with Crippen LogP contribution in [-0.4, -0.2) is 28.6 Å². The molecule has 0 amide bonds. The molecular formula is C34H33N3O2. The van der Waals surface area contributed by atoms with E-state index in [1.165, 1.54) is 5.56 Å². The van der Waals surface area contributed by atoms with Crippen molar-refractivity contribution in [2.75, 3.05) is 18.0 Å². The van der Waals surface area contributed by atoms with Crippen LogP contribution in [0.4, 0.5) is 5.69 Å². The zero-order valence-corrected chi connectivity index (χ0v) is 22.9. The van der Waals surface area contributed by atoms with E-state index in [-0.39, 0.29) is 5.97 Å². The van der Waals surface area contributed by atoms with Gasteiger partial charge in [0.05, 0.1) is 5.56 Å². The number of aryl methyl sites for hydroxylation is 1. The van der Waals surface area contributed by atoms with Gasteiger partial charge in [-0.2, -0.15) is 0 Å². The van der Waals surface area contributed by atoms with Crippen molar-refractivity contribution in [3.8, 4) is 0 Å². The molecule has 3 aromatic carbocycles. The van der Waals surface area contributed by atoms with Crippen molar-refractivity contribution in [3.05, 3.63) is 130 Å². The summed E-state index contributed by atoms with van der Waals surface area (Å²) in [6, 6.07) is 29.0. The molecule has 3 heterocycles. The van der Waals surface area contributed by atoms with E-state index in [2.05, 4.69) is 104 Å². The summed E-state index contributed by atoms with van der Waals surface area (Å²) >= 11 is 0. The molecule has 196 valence electrons. The fourth-order valence-electron chi connectivity index (χ4n) is 6.25. The Morgan fingerprint density at radius 1 is 0.897 bits per heavy atom. The van der Waals surface area contributed by atoms with Crippen LogP contribution in [0.3, 0.4) is 0 Å². The highest BCUT2D eigenvalue weighted by molar-refractivity contribution is 5.98. The highest BCUT2D eigenvalue weighted by Crippen LogP contribution is 2.51. The van der Waals surface area contributed by atoms with Crippen LogP contribution in [0.15, 0.2) is 91.1 Å². The molecule has 0 radical (unpaired) electrons. The molecule has 1 atom stereocenters. The Balaban J connectivity index is 1.66. The maximum Gasteiger partial charge on any atom is 0.341 e. The van der Waals surface area contributed by atoms with Crippen molar-refractivity contribution in [1.29, 1.82) is 0 Å². The van der Waals surface area contributed by atoms with E-state index in [0.29, 0.717) is 17.8 Å². The van der Waals surface area contributed by atoms with E-state index in [1.807, 2.05) is 12.1 Å². The van der Waals surface area contributed by atoms with Gasteiger partial charge in [-0.05, 0) is 69.2 Å². The lowest BCUT2D eigenvalue weighted by molar-refractivity contribution is 0.0244. The van der Waals surface area contributed by atoms with Gasteiger partial charge in [0.1, 0.15) is 5.69 Å². The second-order valence-corrected chi connectivity index (χ2v) is 10.2. The highest BCUT2D eigenvalue weighted by Gasteiger charge is 2.53. The third kappa shape index (κ3) is 3.84. The fourth-order valence-corrected chi connectivity index (χ4v) is 6.25. The van der Waals surface area contributed by atoms with Gasteiger partial charge in [0, 0.05) is 59.2 Å². The summed E-state index contributed by atoms with van der Waals surface area (Å²) in [6.07, 6.45) is 1.76. The summed E-state index contributed by atoms with van der Waals surface area (Å²) in [5.74, 6) is -0.343. The second-order valence-electron chi connectivity index (χ2n) is 10.2. The number of aromatic nitrogens is 2. The van der Waals surface area contributed by atoms with E-state index in [0.717, 1.165) is 52.1 Å². The first-order chi connectivity index (χ1) is 19.0. The average molecular weight is 516 g/mol. The Kier molecular flexibility index (Phi) is 6.22. The van der Waals surface area contributed by atoms with Crippen LogP contribution in [0.25, 0.3) is 10.9 Å². The number of hydrogen-bond donors (Lipinski definition) is 0. The monoisotopic (exact) mass is 515 g/mol. The van der Waals surface area contributed by atoms with E-state index in [1.54, 1.807) is 12.3 Å². The maximum atomic E-state index is 13.5. The third-order valence-corrected chi connectivity index (χ3v) is 8.09. The van der Waals surface area contributed by atoms with Crippen LogP contribution in [0.2, 0.25) is 0 Å². The summed E-state index contributed by atoms with van der Waals surface area (Å²) < 4.78 is 8.88. The number of pyridine rings is 1. The number of carbonyl (C=O) groups is 1. The second kappa shape index (κ2) is 9.73. The molecule has 6 rings (SSSR count). The first-order valence-corrected chi connectivity index (χ1v) is 13.7. The van der Waals surface area contributed by atoms with Gasteiger partial charge in [0.25, 0.3) is 0 Å². The highest BCUT2D eigenvalue weighted by atomic mass is 16.6. The first-order valence-electron chi connectivity index (χ1n) is 13.7. The first kappa shape index (κ1) is 24.9. The molecule has 1 aliphatic heterocycles. The molecule has 0 spiro atoms. The zero-order chi connectivity index (χ0) is 27.1. The number of para-hydroxylation sites is 1. The Morgan fingerprint density at radius 3 is 2.38 bits per heavy atom. The predicted molar refractivity (Wildman–Crippen MR) is 156 cm³/mol. The van der Waals surface area contributed by atoms with E-state index >= 15 is 0 Å². The lowest BCUT2D eigenvalue weighted by Gasteiger charge is -2.32. The molecule has 0 aliphatic carbocycles. The summed E-state index contributed by atoms with van der Waals surface area (Å²) in [6.45, 7) is 11.1. The Labute approximate surface area is 229 Å². The summed E-state index contributed by atoms with van der Waals surface area (Å²) in [7, 11) is 0. The number of benzene rings is 3. The normalized spacial score (nSPS) is 16.4. The van der Waals surface area contributed by atoms with Gasteiger partial charge < -0.3 is 14.2 Å². The number of rotatable bonds is 7. The van der Waals surface area contributed by atoms with Crippen molar-refractivity contribution in [1.82, 2.24) is 9.55 Å². The Morgan fingerprint density at radius 2 is 1.64 bits per heavy atom. The molecule has 5 nitrogen and oxygen atoms in total. The molecule has 1 aliphatic rings. The lowest BCUT2D eigenvalue weighted by Crippen LogP contribution is -2.32. The van der Waals surface area contributed by atoms with E-state index in [4.69, 9.17) is 9.72 Å².